The molecule has 0 fully saturated rings. The maximum Gasteiger partial charge on any atom is 0.242 e. The van der Waals surface area contributed by atoms with Gasteiger partial charge in [-0.2, -0.15) is 0 Å². The molecule has 2 amide bonds. The number of sulfonamides is 1. The smallest absolute Gasteiger partial charge is 0.242 e. The summed E-state index contributed by atoms with van der Waals surface area (Å²) in [7, 11) is -3.51. The lowest BCUT2D eigenvalue weighted by molar-refractivity contribution is -0.140. The number of rotatable bonds is 12. The molecule has 0 unspecified atom stereocenters. The Labute approximate surface area is 218 Å². The van der Waals surface area contributed by atoms with E-state index in [9.17, 15) is 18.0 Å². The number of halogens is 1. The van der Waals surface area contributed by atoms with Crippen LogP contribution in [0, 0.1) is 6.92 Å². The Morgan fingerprint density at radius 1 is 1.09 bits per heavy atom. The molecule has 0 aliphatic carbocycles. The zero-order valence-corrected chi connectivity index (χ0v) is 23.5. The van der Waals surface area contributed by atoms with E-state index in [0.717, 1.165) is 28.3 Å². The van der Waals surface area contributed by atoms with Crippen molar-refractivity contribution in [2.24, 2.45) is 0 Å². The number of nitrogens with zero attached hydrogens (tertiary/aromatic N) is 2. The predicted octanol–water partition coefficient (Wildman–Crippen LogP) is 4.64. The van der Waals surface area contributed by atoms with Gasteiger partial charge in [0.1, 0.15) is 6.04 Å². The van der Waals surface area contributed by atoms with Crippen LogP contribution in [0.25, 0.3) is 0 Å². The fourth-order valence-electron chi connectivity index (χ4n) is 3.67. The molecule has 0 aliphatic rings. The van der Waals surface area contributed by atoms with E-state index in [1.54, 1.807) is 17.9 Å². The number of hydrogen-bond acceptors (Lipinski definition) is 4. The maximum absolute atomic E-state index is 13.3. The molecule has 9 heteroatoms. The van der Waals surface area contributed by atoms with Crippen LogP contribution < -0.4 is 9.62 Å². The van der Waals surface area contributed by atoms with Crippen LogP contribution in [0.3, 0.4) is 0 Å². The van der Waals surface area contributed by atoms with Gasteiger partial charge in [-0.25, -0.2) is 8.42 Å². The Morgan fingerprint density at radius 2 is 1.77 bits per heavy atom. The molecule has 2 aromatic rings. The average Bonchev–Trinajstić information content (AvgIpc) is 2.78. The zero-order valence-electron chi connectivity index (χ0n) is 21.1. The SMILES string of the molecule is CC[C@H](C)NC(=O)[C@@H](C)N(Cc1cccc(Br)c1)C(=O)CCCN(c1cccc(C)c1)S(C)(=O)=O. The molecule has 0 radical (unpaired) electrons. The minimum absolute atomic E-state index is 0.00502. The topological polar surface area (TPSA) is 86.8 Å². The average molecular weight is 567 g/mol. The maximum atomic E-state index is 13.3. The Morgan fingerprint density at radius 3 is 2.37 bits per heavy atom. The van der Waals surface area contributed by atoms with Crippen LogP contribution in [-0.2, 0) is 26.2 Å². The number of aryl methyl sites for hydroxylation is 1. The van der Waals surface area contributed by atoms with Crippen molar-refractivity contribution in [1.29, 1.82) is 0 Å². The van der Waals surface area contributed by atoms with Gasteiger partial charge in [0.25, 0.3) is 0 Å². The molecule has 0 heterocycles. The highest BCUT2D eigenvalue weighted by Crippen LogP contribution is 2.21. The van der Waals surface area contributed by atoms with E-state index in [4.69, 9.17) is 0 Å². The van der Waals surface area contributed by atoms with E-state index in [2.05, 4.69) is 21.2 Å². The van der Waals surface area contributed by atoms with Crippen molar-refractivity contribution in [2.75, 3.05) is 17.1 Å². The number of anilines is 1. The summed E-state index contributed by atoms with van der Waals surface area (Å²) in [6, 6.07) is 14.2. The second-order valence-corrected chi connectivity index (χ2v) is 11.7. The first kappa shape index (κ1) is 28.8. The first-order valence-electron chi connectivity index (χ1n) is 11.8. The second kappa shape index (κ2) is 13.1. The minimum Gasteiger partial charge on any atom is -0.352 e. The predicted molar refractivity (Wildman–Crippen MR) is 145 cm³/mol. The lowest BCUT2D eigenvalue weighted by atomic mass is 10.1. The van der Waals surface area contributed by atoms with Crippen molar-refractivity contribution in [3.8, 4) is 0 Å². The summed E-state index contributed by atoms with van der Waals surface area (Å²) in [4.78, 5) is 27.7. The lowest BCUT2D eigenvalue weighted by Crippen LogP contribution is -2.49. The van der Waals surface area contributed by atoms with E-state index >= 15 is 0 Å². The van der Waals surface area contributed by atoms with Crippen LogP contribution in [0.5, 0.6) is 0 Å². The molecular weight excluding hydrogens is 530 g/mol. The number of hydrogen-bond donors (Lipinski definition) is 1. The number of amides is 2. The van der Waals surface area contributed by atoms with Gasteiger partial charge in [0.15, 0.2) is 0 Å². The third-order valence-corrected chi connectivity index (χ3v) is 7.54. The fraction of sp³-hybridized carbons (Fsp3) is 0.462. The molecule has 0 saturated heterocycles. The van der Waals surface area contributed by atoms with Gasteiger partial charge in [-0.3, -0.25) is 13.9 Å². The summed E-state index contributed by atoms with van der Waals surface area (Å²) < 4.78 is 27.1. The molecular formula is C26H36BrN3O4S. The van der Waals surface area contributed by atoms with Gasteiger partial charge in [-0.1, -0.05) is 47.1 Å². The van der Waals surface area contributed by atoms with Crippen molar-refractivity contribution in [1.82, 2.24) is 10.2 Å². The van der Waals surface area contributed by atoms with E-state index in [1.807, 2.05) is 63.2 Å². The highest BCUT2D eigenvalue weighted by molar-refractivity contribution is 9.10. The summed E-state index contributed by atoms with van der Waals surface area (Å²) in [6.45, 7) is 7.99. The zero-order chi connectivity index (χ0) is 26.2. The molecule has 1 N–H and O–H groups in total. The molecule has 0 bridgehead atoms. The molecule has 2 aromatic carbocycles. The van der Waals surface area contributed by atoms with Crippen molar-refractivity contribution >= 4 is 43.5 Å². The number of carbonyl (C=O) groups is 2. The lowest BCUT2D eigenvalue weighted by Gasteiger charge is -2.30. The number of nitrogens with one attached hydrogen (secondary N) is 1. The molecule has 0 aliphatic heterocycles. The van der Waals surface area contributed by atoms with E-state index in [1.165, 1.54) is 4.31 Å². The highest BCUT2D eigenvalue weighted by Gasteiger charge is 2.27. The van der Waals surface area contributed by atoms with Crippen LogP contribution in [0.2, 0.25) is 0 Å². The van der Waals surface area contributed by atoms with Crippen LogP contribution in [0.15, 0.2) is 53.0 Å². The van der Waals surface area contributed by atoms with Gasteiger partial charge in [0.2, 0.25) is 21.8 Å². The van der Waals surface area contributed by atoms with Crippen LogP contribution in [-0.4, -0.2) is 50.0 Å². The van der Waals surface area contributed by atoms with Crippen LogP contribution in [0.4, 0.5) is 5.69 Å². The molecule has 2 atom stereocenters. The Bertz CT molecular complexity index is 1120. The van der Waals surface area contributed by atoms with Crippen molar-refractivity contribution in [2.45, 2.75) is 65.6 Å². The third kappa shape index (κ3) is 8.96. The standard InChI is InChI=1S/C26H36BrN3O4S/c1-6-20(3)28-26(32)21(4)29(18-22-11-8-12-23(27)17-22)25(31)14-9-15-30(35(5,33)34)24-13-7-10-19(2)16-24/h7-8,10-13,16-17,20-21H,6,9,14-15,18H2,1-5H3,(H,28,32)/t20-,21+/m0/s1. The van der Waals surface area contributed by atoms with Gasteiger partial charge in [0, 0.05) is 30.0 Å². The van der Waals surface area contributed by atoms with Gasteiger partial charge >= 0.3 is 0 Å². The van der Waals surface area contributed by atoms with Gasteiger partial charge in [0.05, 0.1) is 11.9 Å². The number of carbonyl (C=O) groups excluding carboxylic acids is 2. The normalized spacial score (nSPS) is 13.1. The minimum atomic E-state index is -3.51. The highest BCUT2D eigenvalue weighted by atomic mass is 79.9. The molecule has 35 heavy (non-hydrogen) atoms. The fourth-order valence-corrected chi connectivity index (χ4v) is 5.07. The molecule has 0 aromatic heterocycles. The monoisotopic (exact) mass is 565 g/mol. The summed E-state index contributed by atoms with van der Waals surface area (Å²) in [5.41, 5.74) is 2.43. The Hall–Kier alpha value is -2.39. The first-order chi connectivity index (χ1) is 16.4. The van der Waals surface area contributed by atoms with E-state index in [-0.39, 0.29) is 37.4 Å². The van der Waals surface area contributed by atoms with Crippen LogP contribution >= 0.6 is 15.9 Å². The Balaban J connectivity index is 2.17. The third-order valence-electron chi connectivity index (χ3n) is 5.85. The van der Waals surface area contributed by atoms with Gasteiger partial charge < -0.3 is 10.2 Å². The first-order valence-corrected chi connectivity index (χ1v) is 14.4. The summed E-state index contributed by atoms with van der Waals surface area (Å²) in [5, 5.41) is 2.95. The van der Waals surface area contributed by atoms with Crippen LogP contribution in [0.1, 0.15) is 51.2 Å². The second-order valence-electron chi connectivity index (χ2n) is 8.92. The molecule has 192 valence electrons. The molecule has 2 rings (SSSR count). The molecule has 7 nitrogen and oxygen atoms in total. The summed E-state index contributed by atoms with van der Waals surface area (Å²) >= 11 is 3.46. The summed E-state index contributed by atoms with van der Waals surface area (Å²) in [6.07, 6.45) is 2.40. The molecule has 0 spiro atoms. The van der Waals surface area contributed by atoms with Crippen molar-refractivity contribution in [3.05, 3.63) is 64.1 Å². The quantitative estimate of drug-likeness (QED) is 0.406. The van der Waals surface area contributed by atoms with E-state index < -0.39 is 16.1 Å². The Kier molecular flexibility index (Phi) is 10.8. The van der Waals surface area contributed by atoms with Crippen molar-refractivity contribution < 1.29 is 18.0 Å². The van der Waals surface area contributed by atoms with E-state index in [0.29, 0.717) is 12.1 Å². The molecule has 0 saturated carbocycles. The summed E-state index contributed by atoms with van der Waals surface area (Å²) in [5.74, 6) is -0.408. The number of benzene rings is 2. The van der Waals surface area contributed by atoms with Crippen molar-refractivity contribution in [3.63, 3.8) is 0 Å². The largest absolute Gasteiger partial charge is 0.352 e. The van der Waals surface area contributed by atoms with Gasteiger partial charge in [-0.15, -0.1) is 0 Å². The van der Waals surface area contributed by atoms with Gasteiger partial charge in [-0.05, 0) is 69.0 Å².